The van der Waals surface area contributed by atoms with E-state index in [0.29, 0.717) is 0 Å². The minimum Gasteiger partial charge on any atom is -0.462 e. The van der Waals surface area contributed by atoms with Gasteiger partial charge in [0, 0.05) is 0 Å². The van der Waals surface area contributed by atoms with Crippen LogP contribution < -0.4 is 15.3 Å². The fraction of sp³-hybridized carbons (Fsp3) is 0.478. The molecule has 1 aromatic carbocycles. The molecule has 212 valence electrons. The smallest absolute Gasteiger partial charge is 0.459 e. The molecule has 0 saturated carbocycles. The number of nitrogens with one attached hydrogen (secondary N) is 1. The summed E-state index contributed by atoms with van der Waals surface area (Å²) in [6.45, 7) is 5.98. The van der Waals surface area contributed by atoms with Crippen molar-refractivity contribution in [3.8, 4) is 5.75 Å². The molecular weight excluding hydrogens is 574 g/mol. The van der Waals surface area contributed by atoms with Crippen molar-refractivity contribution in [2.45, 2.75) is 63.2 Å². The Balaban J connectivity index is 1.55. The number of rotatable bonds is 10. The predicted molar refractivity (Wildman–Crippen MR) is 143 cm³/mol. The van der Waals surface area contributed by atoms with E-state index in [0.717, 1.165) is 0 Å². The molecule has 1 unspecified atom stereocenters. The van der Waals surface area contributed by atoms with E-state index in [1.54, 1.807) is 51.1 Å². The number of halogens is 2. The second-order valence-electron chi connectivity index (χ2n) is 9.35. The quantitative estimate of drug-likeness (QED) is 0.134. The van der Waals surface area contributed by atoms with Gasteiger partial charge in [-0.15, -0.1) is 11.6 Å². The molecule has 0 radical (unpaired) electrons. The van der Waals surface area contributed by atoms with Gasteiger partial charge >= 0.3 is 13.7 Å². The van der Waals surface area contributed by atoms with E-state index in [4.69, 9.17) is 47.5 Å². The zero-order valence-corrected chi connectivity index (χ0v) is 23.9. The minimum atomic E-state index is -4.21. The van der Waals surface area contributed by atoms with Crippen molar-refractivity contribution in [3.05, 3.63) is 41.8 Å². The van der Waals surface area contributed by atoms with Crippen LogP contribution in [0.2, 0.25) is 5.15 Å². The van der Waals surface area contributed by atoms with Gasteiger partial charge in [0.15, 0.2) is 17.0 Å². The first-order valence-corrected chi connectivity index (χ1v) is 14.3. The number of nitrogens with two attached hydrogens (primary N) is 1. The number of para-hydroxylation sites is 1. The van der Waals surface area contributed by atoms with Gasteiger partial charge in [0.25, 0.3) is 0 Å². The third-order valence-electron chi connectivity index (χ3n) is 5.80. The fourth-order valence-corrected chi connectivity index (χ4v) is 5.95. The summed E-state index contributed by atoms with van der Waals surface area (Å²) < 4.78 is 37.8. The second kappa shape index (κ2) is 11.5. The number of nitrogen functional groups attached to an aromatic ring is 1. The van der Waals surface area contributed by atoms with Crippen LogP contribution >= 0.6 is 30.9 Å². The standard InChI is InChI=1S/C23H29Cl2N6O7P/c1-12(2)36-20(33)13(3)30-39(34,38-14-8-6-5-7-9-14)35-10-15-17(32)23(4,25)21(37-15)31-11-27-16-18(24)28-22(26)29-19(16)31/h5-9,11-13,15,17,21,32H,10H2,1-4H3,(H,30,34)(H2,26,28,29)/t13-,15+,17+,21+,23+,39?/m0/s1. The molecule has 0 amide bonds. The van der Waals surface area contributed by atoms with E-state index in [1.165, 1.54) is 17.8 Å². The van der Waals surface area contributed by atoms with Gasteiger partial charge in [0.2, 0.25) is 5.95 Å². The molecule has 0 aliphatic carbocycles. The van der Waals surface area contributed by atoms with Crippen molar-refractivity contribution in [1.82, 2.24) is 24.6 Å². The number of benzene rings is 1. The van der Waals surface area contributed by atoms with E-state index in [9.17, 15) is 14.5 Å². The number of aliphatic hydroxyl groups excluding tert-OH is 1. The first-order valence-electron chi connectivity index (χ1n) is 12.0. The predicted octanol–water partition coefficient (Wildman–Crippen LogP) is 3.45. The highest BCUT2D eigenvalue weighted by Gasteiger charge is 2.54. The molecule has 4 N–H and O–H groups in total. The van der Waals surface area contributed by atoms with Gasteiger partial charge in [-0.1, -0.05) is 29.8 Å². The lowest BCUT2D eigenvalue weighted by atomic mass is 10.0. The second-order valence-corrected chi connectivity index (χ2v) is 12.2. The maximum atomic E-state index is 13.8. The van der Waals surface area contributed by atoms with E-state index in [-0.39, 0.29) is 34.1 Å². The number of anilines is 1. The lowest BCUT2D eigenvalue weighted by Crippen LogP contribution is -2.40. The zero-order chi connectivity index (χ0) is 28.5. The number of esters is 1. The van der Waals surface area contributed by atoms with Gasteiger partial charge in [-0.2, -0.15) is 15.1 Å². The van der Waals surface area contributed by atoms with Crippen LogP contribution in [0.15, 0.2) is 36.7 Å². The highest BCUT2D eigenvalue weighted by Crippen LogP contribution is 2.48. The Morgan fingerprint density at radius 3 is 2.67 bits per heavy atom. The molecule has 1 saturated heterocycles. The van der Waals surface area contributed by atoms with Crippen molar-refractivity contribution >= 4 is 54.0 Å². The fourth-order valence-electron chi connectivity index (χ4n) is 3.93. The normalized spacial score (nSPS) is 25.5. The van der Waals surface area contributed by atoms with Crippen LogP contribution in [0.25, 0.3) is 11.2 Å². The lowest BCUT2D eigenvalue weighted by molar-refractivity contribution is -0.149. The molecule has 2 aromatic heterocycles. The molecule has 6 atom stereocenters. The Morgan fingerprint density at radius 2 is 2.00 bits per heavy atom. The summed E-state index contributed by atoms with van der Waals surface area (Å²) in [6, 6.07) is 7.22. The van der Waals surface area contributed by atoms with E-state index < -0.39 is 49.7 Å². The lowest BCUT2D eigenvalue weighted by Gasteiger charge is -2.26. The largest absolute Gasteiger partial charge is 0.462 e. The van der Waals surface area contributed by atoms with Gasteiger partial charge in [0.1, 0.15) is 34.4 Å². The Kier molecular flexibility index (Phi) is 8.72. The zero-order valence-electron chi connectivity index (χ0n) is 21.5. The number of carbonyl (C=O) groups excluding carboxylic acids is 1. The molecule has 1 aliphatic heterocycles. The average molecular weight is 603 g/mol. The SMILES string of the molecule is CC(C)OC(=O)[C@H](C)NP(=O)(OC[C@H]1O[C@@H](n2cnc3c(Cl)nc(N)nc32)[C@](C)(Cl)[C@@H]1O)Oc1ccccc1. The molecule has 13 nitrogen and oxygen atoms in total. The number of hydrogen-bond donors (Lipinski definition) is 3. The average Bonchev–Trinajstić information content (AvgIpc) is 3.36. The van der Waals surface area contributed by atoms with Crippen LogP contribution in [0, 0.1) is 0 Å². The van der Waals surface area contributed by atoms with Gasteiger partial charge in [0.05, 0.1) is 19.0 Å². The summed E-state index contributed by atoms with van der Waals surface area (Å²) in [5.74, 6) is -0.508. The van der Waals surface area contributed by atoms with E-state index >= 15 is 0 Å². The van der Waals surface area contributed by atoms with Crippen molar-refractivity contribution in [2.24, 2.45) is 0 Å². The molecule has 0 bridgehead atoms. The Morgan fingerprint density at radius 1 is 1.31 bits per heavy atom. The van der Waals surface area contributed by atoms with Crippen LogP contribution in [0.5, 0.6) is 5.75 Å². The molecule has 4 rings (SSSR count). The Labute approximate surface area is 234 Å². The van der Waals surface area contributed by atoms with Crippen LogP contribution in [-0.4, -0.2) is 66.4 Å². The Bertz CT molecular complexity index is 1380. The number of imidazole rings is 1. The monoisotopic (exact) mass is 602 g/mol. The number of ether oxygens (including phenoxy) is 2. The minimum absolute atomic E-state index is 0.0427. The molecule has 1 fully saturated rings. The van der Waals surface area contributed by atoms with E-state index in [2.05, 4.69) is 20.0 Å². The van der Waals surface area contributed by atoms with Crippen LogP contribution in [-0.2, 0) is 23.4 Å². The number of carbonyl (C=O) groups is 1. The highest BCUT2D eigenvalue weighted by atomic mass is 35.5. The molecule has 1 aliphatic rings. The topological polar surface area (TPSA) is 173 Å². The van der Waals surface area contributed by atoms with Gasteiger partial charge < -0.3 is 24.8 Å². The number of aliphatic hydroxyl groups is 1. The van der Waals surface area contributed by atoms with Crippen molar-refractivity contribution in [3.63, 3.8) is 0 Å². The molecule has 3 heterocycles. The molecule has 0 spiro atoms. The highest BCUT2D eigenvalue weighted by molar-refractivity contribution is 7.52. The first-order chi connectivity index (χ1) is 18.3. The summed E-state index contributed by atoms with van der Waals surface area (Å²) in [5, 5.41) is 13.7. The van der Waals surface area contributed by atoms with Crippen molar-refractivity contribution < 1.29 is 33.0 Å². The molecule has 39 heavy (non-hydrogen) atoms. The van der Waals surface area contributed by atoms with E-state index in [1.807, 2.05) is 0 Å². The van der Waals surface area contributed by atoms with Crippen LogP contribution in [0.4, 0.5) is 5.95 Å². The summed E-state index contributed by atoms with van der Waals surface area (Å²) >= 11 is 12.9. The maximum absolute atomic E-state index is 13.8. The maximum Gasteiger partial charge on any atom is 0.459 e. The number of alkyl halides is 1. The number of aromatic nitrogens is 4. The van der Waals surface area contributed by atoms with Crippen LogP contribution in [0.1, 0.15) is 33.9 Å². The number of nitrogens with zero attached hydrogens (tertiary/aromatic N) is 4. The van der Waals surface area contributed by atoms with Gasteiger partial charge in [-0.05, 0) is 39.8 Å². The third-order valence-corrected chi connectivity index (χ3v) is 8.12. The van der Waals surface area contributed by atoms with Crippen molar-refractivity contribution in [2.75, 3.05) is 12.3 Å². The summed E-state index contributed by atoms with van der Waals surface area (Å²) in [4.78, 5) is 23.2. The van der Waals surface area contributed by atoms with Crippen LogP contribution in [0.3, 0.4) is 0 Å². The Hall–Kier alpha value is -2.51. The third kappa shape index (κ3) is 6.46. The first kappa shape index (κ1) is 29.5. The summed E-state index contributed by atoms with van der Waals surface area (Å²) in [7, 11) is -4.21. The number of hydrogen-bond acceptors (Lipinski definition) is 11. The summed E-state index contributed by atoms with van der Waals surface area (Å²) in [5.41, 5.74) is 6.26. The molecule has 3 aromatic rings. The van der Waals surface area contributed by atoms with Crippen molar-refractivity contribution in [1.29, 1.82) is 0 Å². The van der Waals surface area contributed by atoms with Gasteiger partial charge in [-0.25, -0.2) is 9.55 Å². The number of fused-ring (bicyclic) bond motifs is 1. The summed E-state index contributed by atoms with van der Waals surface area (Å²) in [6.07, 6.45) is -2.37. The van der Waals surface area contributed by atoms with Gasteiger partial charge in [-0.3, -0.25) is 13.9 Å². The molecule has 16 heteroatoms. The molecular formula is C23H29Cl2N6O7P.